The molecule has 3 fully saturated rings. The second-order valence-corrected chi connectivity index (χ2v) is 12.1. The normalized spacial score (nSPS) is 21.1. The van der Waals surface area contributed by atoms with Gasteiger partial charge >= 0.3 is 0 Å². The average Bonchev–Trinajstić information content (AvgIpc) is 3.58. The fraction of sp³-hybridized carbons (Fsp3) is 0.452. The van der Waals surface area contributed by atoms with Crippen LogP contribution in [0.2, 0.25) is 0 Å². The molecule has 5 aromatic rings. The van der Waals surface area contributed by atoms with Crippen LogP contribution in [0, 0.1) is 12.3 Å². The molecule has 200 valence electrons. The molecule has 5 heterocycles. The molecule has 1 N–H and O–H groups in total. The molecule has 3 aromatic heterocycles. The first-order valence-corrected chi connectivity index (χ1v) is 14.3. The van der Waals surface area contributed by atoms with Gasteiger partial charge in [0.05, 0.1) is 34.8 Å². The van der Waals surface area contributed by atoms with E-state index in [0.29, 0.717) is 11.3 Å². The van der Waals surface area contributed by atoms with Gasteiger partial charge in [0.25, 0.3) is 0 Å². The standard InChI is InChI=1S/C31H35N7O/c1-19-7-9-25-23(16-34-38(25)26-6-4-5-11-39-26)27(19)28-29(20-8-10-24-21(12-20)15-33-37(24)3)36(2)30(35-28)22-13-31(14-22)17-32-18-31/h7-10,12,15-16,22,26,32H,4-6,11,13-14,17-18H2,1-3H3. The molecule has 2 saturated heterocycles. The van der Waals surface area contributed by atoms with Gasteiger partial charge in [-0.25, -0.2) is 9.67 Å². The number of rotatable bonds is 4. The number of benzene rings is 2. The zero-order chi connectivity index (χ0) is 26.3. The van der Waals surface area contributed by atoms with Crippen LogP contribution in [-0.2, 0) is 18.8 Å². The van der Waals surface area contributed by atoms with E-state index in [4.69, 9.17) is 14.8 Å². The minimum atomic E-state index is 0.000750. The van der Waals surface area contributed by atoms with Gasteiger partial charge in [0.2, 0.25) is 0 Å². The van der Waals surface area contributed by atoms with E-state index in [9.17, 15) is 0 Å². The highest BCUT2D eigenvalue weighted by Crippen LogP contribution is 2.54. The van der Waals surface area contributed by atoms with E-state index in [1.165, 1.54) is 47.5 Å². The summed E-state index contributed by atoms with van der Waals surface area (Å²) >= 11 is 0. The molecule has 0 bridgehead atoms. The number of hydrogen-bond donors (Lipinski definition) is 1. The Kier molecular flexibility index (Phi) is 5.10. The fourth-order valence-electron chi connectivity index (χ4n) is 7.32. The van der Waals surface area contributed by atoms with Gasteiger partial charge in [0.15, 0.2) is 6.23 Å². The fourth-order valence-corrected chi connectivity index (χ4v) is 7.32. The largest absolute Gasteiger partial charge is 0.356 e. The van der Waals surface area contributed by atoms with Crippen LogP contribution in [0.4, 0.5) is 0 Å². The van der Waals surface area contributed by atoms with Gasteiger partial charge in [-0.15, -0.1) is 0 Å². The number of hydrogen-bond acceptors (Lipinski definition) is 5. The van der Waals surface area contributed by atoms with Crippen molar-refractivity contribution in [1.29, 1.82) is 0 Å². The minimum Gasteiger partial charge on any atom is -0.356 e. The number of imidazole rings is 1. The zero-order valence-corrected chi connectivity index (χ0v) is 22.9. The summed E-state index contributed by atoms with van der Waals surface area (Å²) in [6.45, 7) is 5.29. The van der Waals surface area contributed by atoms with E-state index < -0.39 is 0 Å². The maximum Gasteiger partial charge on any atom is 0.150 e. The number of ether oxygens (including phenoxy) is 1. The molecule has 1 saturated carbocycles. The van der Waals surface area contributed by atoms with Crippen LogP contribution in [0.5, 0.6) is 0 Å². The third kappa shape index (κ3) is 3.47. The van der Waals surface area contributed by atoms with Crippen molar-refractivity contribution in [2.45, 2.75) is 51.2 Å². The molecule has 2 aliphatic heterocycles. The number of nitrogens with zero attached hydrogens (tertiary/aromatic N) is 6. The molecule has 8 heteroatoms. The maximum atomic E-state index is 6.12. The topological polar surface area (TPSA) is 74.7 Å². The molecule has 1 spiro atoms. The summed E-state index contributed by atoms with van der Waals surface area (Å²) in [6.07, 6.45) is 9.71. The molecular weight excluding hydrogens is 486 g/mol. The monoisotopic (exact) mass is 521 g/mol. The van der Waals surface area contributed by atoms with Gasteiger partial charge in [0, 0.05) is 61.6 Å². The summed E-state index contributed by atoms with van der Waals surface area (Å²) in [5.41, 5.74) is 8.52. The number of fused-ring (bicyclic) bond motifs is 2. The Morgan fingerprint density at radius 2 is 1.85 bits per heavy atom. The van der Waals surface area contributed by atoms with E-state index in [2.05, 4.69) is 64.0 Å². The summed E-state index contributed by atoms with van der Waals surface area (Å²) in [5.74, 6) is 1.69. The van der Waals surface area contributed by atoms with Crippen molar-refractivity contribution in [1.82, 2.24) is 34.4 Å². The van der Waals surface area contributed by atoms with E-state index in [0.717, 1.165) is 60.0 Å². The highest BCUT2D eigenvalue weighted by Gasteiger charge is 2.50. The van der Waals surface area contributed by atoms with Crippen LogP contribution >= 0.6 is 0 Å². The lowest BCUT2D eigenvalue weighted by Gasteiger charge is -2.54. The Hall–Kier alpha value is -3.49. The van der Waals surface area contributed by atoms with Crippen LogP contribution in [0.15, 0.2) is 42.7 Å². The number of aromatic nitrogens is 6. The predicted molar refractivity (Wildman–Crippen MR) is 152 cm³/mol. The first kappa shape index (κ1) is 23.4. The van der Waals surface area contributed by atoms with Crippen LogP contribution in [0.3, 0.4) is 0 Å². The third-order valence-electron chi connectivity index (χ3n) is 9.53. The van der Waals surface area contributed by atoms with Gasteiger partial charge in [-0.1, -0.05) is 12.1 Å². The highest BCUT2D eigenvalue weighted by atomic mass is 16.5. The van der Waals surface area contributed by atoms with Crippen molar-refractivity contribution in [3.8, 4) is 22.5 Å². The van der Waals surface area contributed by atoms with E-state index in [1.54, 1.807) is 0 Å². The molecule has 1 atom stereocenters. The molecule has 3 aliphatic rings. The lowest BCUT2D eigenvalue weighted by Crippen LogP contribution is -2.59. The molecule has 39 heavy (non-hydrogen) atoms. The summed E-state index contributed by atoms with van der Waals surface area (Å²) in [5, 5.41) is 15.1. The van der Waals surface area contributed by atoms with Gasteiger partial charge in [-0.05, 0) is 68.2 Å². The minimum absolute atomic E-state index is 0.000750. The molecule has 0 radical (unpaired) electrons. The molecule has 1 aliphatic carbocycles. The summed E-state index contributed by atoms with van der Waals surface area (Å²) < 4.78 is 12.5. The SMILES string of the molecule is Cc1ccc2c(cnn2C2CCCCO2)c1-c1nc(C2CC3(CNC3)C2)n(C)c1-c1ccc2c(cnn2C)c1. The summed E-state index contributed by atoms with van der Waals surface area (Å²) in [6, 6.07) is 11.1. The number of nitrogens with one attached hydrogen (secondary N) is 1. The molecular formula is C31H35N7O. The van der Waals surface area contributed by atoms with Crippen molar-refractivity contribution in [2.75, 3.05) is 19.7 Å². The van der Waals surface area contributed by atoms with Gasteiger partial charge in [-0.3, -0.25) is 4.68 Å². The van der Waals surface area contributed by atoms with Crippen LogP contribution in [0.25, 0.3) is 44.3 Å². The van der Waals surface area contributed by atoms with Crippen LogP contribution in [-0.4, -0.2) is 48.8 Å². The maximum absolute atomic E-state index is 6.12. The Bertz CT molecular complexity index is 1720. The quantitative estimate of drug-likeness (QED) is 0.340. The van der Waals surface area contributed by atoms with Crippen molar-refractivity contribution in [3.63, 3.8) is 0 Å². The van der Waals surface area contributed by atoms with Gasteiger partial charge < -0.3 is 14.6 Å². The van der Waals surface area contributed by atoms with Crippen molar-refractivity contribution in [2.24, 2.45) is 19.5 Å². The van der Waals surface area contributed by atoms with Crippen LogP contribution < -0.4 is 5.32 Å². The smallest absolute Gasteiger partial charge is 0.150 e. The van der Waals surface area contributed by atoms with E-state index >= 15 is 0 Å². The van der Waals surface area contributed by atoms with Gasteiger partial charge in [0.1, 0.15) is 5.82 Å². The Labute approximate surface area is 228 Å². The molecule has 0 amide bonds. The lowest BCUT2D eigenvalue weighted by molar-refractivity contribution is -0.0366. The highest BCUT2D eigenvalue weighted by molar-refractivity contribution is 5.99. The van der Waals surface area contributed by atoms with Crippen molar-refractivity contribution < 1.29 is 4.74 Å². The van der Waals surface area contributed by atoms with Crippen LogP contribution in [0.1, 0.15) is 55.6 Å². The molecule has 8 rings (SSSR count). The summed E-state index contributed by atoms with van der Waals surface area (Å²) in [4.78, 5) is 5.47. The average molecular weight is 522 g/mol. The predicted octanol–water partition coefficient (Wildman–Crippen LogP) is 5.47. The second-order valence-electron chi connectivity index (χ2n) is 12.1. The zero-order valence-electron chi connectivity index (χ0n) is 22.9. The lowest BCUT2D eigenvalue weighted by atomic mass is 9.58. The van der Waals surface area contributed by atoms with Crippen molar-refractivity contribution >= 4 is 21.8 Å². The van der Waals surface area contributed by atoms with Gasteiger partial charge in [-0.2, -0.15) is 10.2 Å². The first-order chi connectivity index (χ1) is 19.0. The van der Waals surface area contributed by atoms with E-state index in [-0.39, 0.29) is 6.23 Å². The second kappa shape index (κ2) is 8.50. The Morgan fingerprint density at radius 1 is 1.00 bits per heavy atom. The molecule has 2 aromatic carbocycles. The molecule has 8 nitrogen and oxygen atoms in total. The Balaban J connectivity index is 1.32. The molecule has 1 unspecified atom stereocenters. The Morgan fingerprint density at radius 3 is 2.62 bits per heavy atom. The third-order valence-corrected chi connectivity index (χ3v) is 9.53. The van der Waals surface area contributed by atoms with E-state index in [1.807, 2.05) is 24.1 Å². The summed E-state index contributed by atoms with van der Waals surface area (Å²) in [7, 11) is 4.20. The first-order valence-electron chi connectivity index (χ1n) is 14.3. The number of aryl methyl sites for hydroxylation is 2. The van der Waals surface area contributed by atoms with Crippen molar-refractivity contribution in [3.05, 3.63) is 54.1 Å².